The van der Waals surface area contributed by atoms with Gasteiger partial charge in [0.05, 0.1) is 13.0 Å². The molecule has 78 valence electrons. The lowest BCUT2D eigenvalue weighted by molar-refractivity contribution is -0.127. The zero-order chi connectivity index (χ0) is 10.6. The number of hydroxylamine groups is 1. The fraction of sp³-hybridized carbons (Fsp3) is 0.600. The van der Waals surface area contributed by atoms with E-state index in [4.69, 9.17) is 4.84 Å². The van der Waals surface area contributed by atoms with Crippen LogP contribution in [0.3, 0.4) is 0 Å². The minimum atomic E-state index is -0.0778. The average Bonchev–Trinajstić information content (AvgIpc) is 2.14. The summed E-state index contributed by atoms with van der Waals surface area (Å²) in [7, 11) is 0. The SMILES string of the molecule is CCONC(C)=C1CCC(=O)CC1=O. The second kappa shape index (κ2) is 4.91. The lowest BCUT2D eigenvalue weighted by Gasteiger charge is -2.15. The molecule has 0 unspecified atom stereocenters. The largest absolute Gasteiger partial charge is 0.299 e. The van der Waals surface area contributed by atoms with Gasteiger partial charge in [0.25, 0.3) is 0 Å². The summed E-state index contributed by atoms with van der Waals surface area (Å²) in [6, 6.07) is 0. The number of allylic oxidation sites excluding steroid dienone is 2. The van der Waals surface area contributed by atoms with Crippen molar-refractivity contribution in [3.63, 3.8) is 0 Å². The maximum absolute atomic E-state index is 11.4. The smallest absolute Gasteiger partial charge is 0.168 e. The van der Waals surface area contributed by atoms with E-state index in [1.165, 1.54) is 0 Å². The average molecular weight is 197 g/mol. The van der Waals surface area contributed by atoms with Gasteiger partial charge in [-0.25, -0.2) is 0 Å². The van der Waals surface area contributed by atoms with E-state index in [0.29, 0.717) is 25.0 Å². The van der Waals surface area contributed by atoms with Gasteiger partial charge in [0.1, 0.15) is 5.78 Å². The highest BCUT2D eigenvalue weighted by atomic mass is 16.6. The second-order valence-electron chi connectivity index (χ2n) is 3.28. The van der Waals surface area contributed by atoms with Crippen molar-refractivity contribution in [2.45, 2.75) is 33.1 Å². The lowest BCUT2D eigenvalue weighted by atomic mass is 9.91. The van der Waals surface area contributed by atoms with Crippen LogP contribution in [0.15, 0.2) is 11.3 Å². The zero-order valence-electron chi connectivity index (χ0n) is 8.55. The molecular weight excluding hydrogens is 182 g/mol. The van der Waals surface area contributed by atoms with E-state index in [0.717, 1.165) is 5.70 Å². The first-order valence-corrected chi connectivity index (χ1v) is 4.77. The molecule has 4 nitrogen and oxygen atoms in total. The molecule has 1 rings (SSSR count). The summed E-state index contributed by atoms with van der Waals surface area (Å²) in [5.41, 5.74) is 4.11. The molecule has 0 aromatic heterocycles. The Hall–Kier alpha value is -1.16. The van der Waals surface area contributed by atoms with Gasteiger partial charge in [0.2, 0.25) is 0 Å². The second-order valence-corrected chi connectivity index (χ2v) is 3.28. The molecule has 4 heteroatoms. The Morgan fingerprint density at radius 2 is 2.14 bits per heavy atom. The molecule has 1 fully saturated rings. The minimum Gasteiger partial charge on any atom is -0.299 e. The van der Waals surface area contributed by atoms with Crippen LogP contribution in [0.2, 0.25) is 0 Å². The number of rotatable bonds is 3. The van der Waals surface area contributed by atoms with Crippen molar-refractivity contribution in [1.29, 1.82) is 0 Å². The number of carbonyl (C=O) groups is 2. The maximum atomic E-state index is 11.4. The van der Waals surface area contributed by atoms with Gasteiger partial charge in [-0.1, -0.05) is 0 Å². The van der Waals surface area contributed by atoms with Crippen molar-refractivity contribution < 1.29 is 14.4 Å². The van der Waals surface area contributed by atoms with E-state index in [2.05, 4.69) is 5.48 Å². The fourth-order valence-electron chi connectivity index (χ4n) is 1.42. The first-order chi connectivity index (χ1) is 6.65. The number of ketones is 2. The third-order valence-electron chi connectivity index (χ3n) is 2.17. The number of hydrogen-bond acceptors (Lipinski definition) is 4. The molecule has 14 heavy (non-hydrogen) atoms. The molecule has 1 saturated carbocycles. The number of carbonyl (C=O) groups excluding carboxylic acids is 2. The van der Waals surface area contributed by atoms with E-state index in [1.807, 2.05) is 6.92 Å². The molecule has 0 atom stereocenters. The quantitative estimate of drug-likeness (QED) is 0.418. The van der Waals surface area contributed by atoms with E-state index in [9.17, 15) is 9.59 Å². The molecule has 0 spiro atoms. The summed E-state index contributed by atoms with van der Waals surface area (Å²) >= 11 is 0. The molecule has 0 aliphatic heterocycles. The van der Waals surface area contributed by atoms with Gasteiger partial charge in [-0.3, -0.25) is 19.9 Å². The monoisotopic (exact) mass is 197 g/mol. The first kappa shape index (κ1) is 10.9. The van der Waals surface area contributed by atoms with Gasteiger partial charge < -0.3 is 0 Å². The van der Waals surface area contributed by atoms with Crippen molar-refractivity contribution >= 4 is 11.6 Å². The minimum absolute atomic E-state index is 0.0305. The summed E-state index contributed by atoms with van der Waals surface area (Å²) in [5, 5.41) is 0. The maximum Gasteiger partial charge on any atom is 0.168 e. The third kappa shape index (κ3) is 2.67. The molecule has 1 aliphatic rings. The highest BCUT2D eigenvalue weighted by molar-refractivity contribution is 6.10. The van der Waals surface area contributed by atoms with Gasteiger partial charge in [-0.2, -0.15) is 0 Å². The van der Waals surface area contributed by atoms with Crippen LogP contribution < -0.4 is 5.48 Å². The van der Waals surface area contributed by atoms with Crippen LogP contribution in [0, 0.1) is 0 Å². The van der Waals surface area contributed by atoms with Crippen LogP contribution in [0.1, 0.15) is 33.1 Å². The van der Waals surface area contributed by atoms with Crippen molar-refractivity contribution in [3.05, 3.63) is 11.3 Å². The molecule has 1 aliphatic carbocycles. The van der Waals surface area contributed by atoms with E-state index < -0.39 is 0 Å². The van der Waals surface area contributed by atoms with Crippen molar-refractivity contribution in [2.24, 2.45) is 0 Å². The summed E-state index contributed by atoms with van der Waals surface area (Å²) in [4.78, 5) is 27.4. The Morgan fingerprint density at radius 1 is 1.43 bits per heavy atom. The molecule has 0 amide bonds. The predicted octanol–water partition coefficient (Wildman–Crippen LogP) is 1.12. The number of nitrogens with one attached hydrogen (secondary N) is 1. The Labute approximate surface area is 83.3 Å². The van der Waals surface area contributed by atoms with Crippen molar-refractivity contribution in [1.82, 2.24) is 5.48 Å². The van der Waals surface area contributed by atoms with E-state index >= 15 is 0 Å². The summed E-state index contributed by atoms with van der Waals surface area (Å²) < 4.78 is 0. The molecule has 0 saturated heterocycles. The van der Waals surface area contributed by atoms with Crippen LogP contribution in [0.4, 0.5) is 0 Å². The highest BCUT2D eigenvalue weighted by Crippen LogP contribution is 2.19. The first-order valence-electron chi connectivity index (χ1n) is 4.77. The molecule has 0 aromatic rings. The van der Waals surface area contributed by atoms with Crippen molar-refractivity contribution in [3.8, 4) is 0 Å². The van der Waals surface area contributed by atoms with E-state index in [1.54, 1.807) is 6.92 Å². The number of hydrogen-bond donors (Lipinski definition) is 1. The van der Waals surface area contributed by atoms with Gasteiger partial charge in [-0.05, 0) is 20.3 Å². The molecule has 0 heterocycles. The molecule has 0 bridgehead atoms. The van der Waals surface area contributed by atoms with Crippen LogP contribution in [-0.2, 0) is 14.4 Å². The lowest BCUT2D eigenvalue weighted by Crippen LogP contribution is -2.23. The standard InChI is InChI=1S/C10H15NO3/c1-3-14-11-7(2)9-5-4-8(12)6-10(9)13/h11H,3-6H2,1-2H3. The van der Waals surface area contributed by atoms with Crippen LogP contribution in [0.25, 0.3) is 0 Å². The zero-order valence-corrected chi connectivity index (χ0v) is 8.55. The third-order valence-corrected chi connectivity index (χ3v) is 2.17. The normalized spacial score (nSPS) is 21.0. The molecule has 1 N–H and O–H groups in total. The van der Waals surface area contributed by atoms with Crippen LogP contribution >= 0.6 is 0 Å². The van der Waals surface area contributed by atoms with Gasteiger partial charge in [-0.15, -0.1) is 0 Å². The summed E-state index contributed by atoms with van der Waals surface area (Å²) in [5.74, 6) is -0.0473. The Bertz CT molecular complexity index is 281. The summed E-state index contributed by atoms with van der Waals surface area (Å²) in [6.45, 7) is 4.19. The Balaban J connectivity index is 2.65. The molecule has 0 aromatic carbocycles. The van der Waals surface area contributed by atoms with Crippen molar-refractivity contribution in [2.75, 3.05) is 6.61 Å². The highest BCUT2D eigenvalue weighted by Gasteiger charge is 2.22. The molecule has 0 radical (unpaired) electrons. The van der Waals surface area contributed by atoms with Crippen LogP contribution in [0.5, 0.6) is 0 Å². The van der Waals surface area contributed by atoms with E-state index in [-0.39, 0.29) is 18.0 Å². The van der Waals surface area contributed by atoms with Gasteiger partial charge in [0.15, 0.2) is 5.78 Å². The Morgan fingerprint density at radius 3 is 2.71 bits per heavy atom. The van der Waals surface area contributed by atoms with Gasteiger partial charge in [0, 0.05) is 17.7 Å². The molecular formula is C10H15NO3. The fourth-order valence-corrected chi connectivity index (χ4v) is 1.42. The van der Waals surface area contributed by atoms with Crippen LogP contribution in [-0.4, -0.2) is 18.2 Å². The number of Topliss-reactive ketones (excluding diaryl/α,β-unsaturated/α-hetero) is 2. The Kier molecular flexibility index (Phi) is 3.83. The van der Waals surface area contributed by atoms with Gasteiger partial charge >= 0.3 is 0 Å². The predicted molar refractivity (Wildman–Crippen MR) is 51.3 cm³/mol. The topological polar surface area (TPSA) is 55.4 Å². The summed E-state index contributed by atoms with van der Waals surface area (Å²) in [6.07, 6.45) is 1.04.